The highest BCUT2D eigenvalue weighted by Gasteiger charge is 2.04. The SMILES string of the molecule is Fc1ccc(N/N=C(/N=Nc2ccccc2)c2ccccc2)cc1F. The van der Waals surface area contributed by atoms with Gasteiger partial charge in [0.1, 0.15) is 0 Å². The molecule has 0 bridgehead atoms. The topological polar surface area (TPSA) is 49.1 Å². The lowest BCUT2D eigenvalue weighted by Gasteiger charge is -2.04. The summed E-state index contributed by atoms with van der Waals surface area (Å²) < 4.78 is 26.3. The van der Waals surface area contributed by atoms with Gasteiger partial charge in [0, 0.05) is 11.6 Å². The molecule has 0 spiro atoms. The van der Waals surface area contributed by atoms with Crippen molar-refractivity contribution in [3.63, 3.8) is 0 Å². The van der Waals surface area contributed by atoms with Gasteiger partial charge in [-0.2, -0.15) is 5.10 Å². The maximum atomic E-state index is 13.3. The molecule has 0 aromatic heterocycles. The van der Waals surface area contributed by atoms with Gasteiger partial charge in [-0.05, 0) is 24.3 Å². The number of hydrogen-bond donors (Lipinski definition) is 1. The van der Waals surface area contributed by atoms with Crippen LogP contribution in [0.3, 0.4) is 0 Å². The summed E-state index contributed by atoms with van der Waals surface area (Å²) in [6.07, 6.45) is 0. The van der Waals surface area contributed by atoms with Gasteiger partial charge in [0.25, 0.3) is 0 Å². The largest absolute Gasteiger partial charge is 0.276 e. The number of azo groups is 1. The average molecular weight is 336 g/mol. The standard InChI is InChI=1S/C19H14F2N4/c20-17-12-11-16(13-18(17)21)23-25-19(14-7-3-1-4-8-14)24-22-15-9-5-2-6-10-15/h1-13,23H/b24-22?,25-19+. The molecule has 4 nitrogen and oxygen atoms in total. The maximum absolute atomic E-state index is 13.3. The summed E-state index contributed by atoms with van der Waals surface area (Å²) >= 11 is 0. The lowest BCUT2D eigenvalue weighted by Crippen LogP contribution is -2.01. The molecule has 6 heteroatoms. The Morgan fingerprint density at radius 1 is 0.760 bits per heavy atom. The van der Waals surface area contributed by atoms with E-state index in [9.17, 15) is 8.78 Å². The van der Waals surface area contributed by atoms with Gasteiger partial charge >= 0.3 is 0 Å². The summed E-state index contributed by atoms with van der Waals surface area (Å²) in [6.45, 7) is 0. The summed E-state index contributed by atoms with van der Waals surface area (Å²) in [4.78, 5) is 0. The van der Waals surface area contributed by atoms with E-state index in [-0.39, 0.29) is 0 Å². The van der Waals surface area contributed by atoms with Crippen LogP contribution in [0, 0.1) is 11.6 Å². The first-order valence-electron chi connectivity index (χ1n) is 7.53. The monoisotopic (exact) mass is 336 g/mol. The molecule has 0 saturated heterocycles. The highest BCUT2D eigenvalue weighted by Crippen LogP contribution is 2.15. The molecule has 0 heterocycles. The smallest absolute Gasteiger partial charge is 0.201 e. The van der Waals surface area contributed by atoms with Crippen LogP contribution < -0.4 is 5.43 Å². The third-order valence-corrected chi connectivity index (χ3v) is 3.26. The molecule has 3 rings (SSSR count). The quantitative estimate of drug-likeness (QED) is 0.290. The van der Waals surface area contributed by atoms with Crippen molar-refractivity contribution < 1.29 is 8.78 Å². The first kappa shape index (κ1) is 16.4. The van der Waals surface area contributed by atoms with Gasteiger partial charge in [0.15, 0.2) is 11.6 Å². The summed E-state index contributed by atoms with van der Waals surface area (Å²) in [7, 11) is 0. The molecule has 0 fully saturated rings. The molecule has 1 N–H and O–H groups in total. The number of nitrogens with zero attached hydrogens (tertiary/aromatic N) is 3. The molecule has 0 atom stereocenters. The lowest BCUT2D eigenvalue weighted by molar-refractivity contribution is 0.509. The first-order chi connectivity index (χ1) is 12.2. The van der Waals surface area contributed by atoms with Crippen LogP contribution in [-0.4, -0.2) is 5.84 Å². The molecular weight excluding hydrogens is 322 g/mol. The number of halogens is 2. The van der Waals surface area contributed by atoms with Gasteiger partial charge in [-0.1, -0.05) is 48.5 Å². The van der Waals surface area contributed by atoms with Crippen molar-refractivity contribution in [1.29, 1.82) is 0 Å². The van der Waals surface area contributed by atoms with Crippen molar-refractivity contribution in [1.82, 2.24) is 0 Å². The Morgan fingerprint density at radius 2 is 1.44 bits per heavy atom. The summed E-state index contributed by atoms with van der Waals surface area (Å²) in [6, 6.07) is 21.9. The predicted octanol–water partition coefficient (Wildman–Crippen LogP) is 5.52. The Bertz CT molecular complexity index is 894. The van der Waals surface area contributed by atoms with Crippen molar-refractivity contribution in [2.24, 2.45) is 15.3 Å². The second-order valence-corrected chi connectivity index (χ2v) is 5.08. The average Bonchev–Trinajstić information content (AvgIpc) is 2.66. The summed E-state index contributed by atoms with van der Waals surface area (Å²) in [5, 5.41) is 12.5. The predicted molar refractivity (Wildman–Crippen MR) is 93.9 cm³/mol. The molecule has 3 aromatic carbocycles. The van der Waals surface area contributed by atoms with Crippen LogP contribution in [0.15, 0.2) is 94.2 Å². The first-order valence-corrected chi connectivity index (χ1v) is 7.53. The zero-order chi connectivity index (χ0) is 17.5. The minimum Gasteiger partial charge on any atom is -0.276 e. The van der Waals surface area contributed by atoms with Crippen molar-refractivity contribution in [2.75, 3.05) is 5.43 Å². The number of nitrogens with one attached hydrogen (secondary N) is 1. The van der Waals surface area contributed by atoms with Crippen LogP contribution in [0.1, 0.15) is 5.56 Å². The van der Waals surface area contributed by atoms with Gasteiger partial charge in [0.2, 0.25) is 5.84 Å². The molecule has 0 aliphatic carbocycles. The van der Waals surface area contributed by atoms with Crippen LogP contribution in [0.2, 0.25) is 0 Å². The molecule has 124 valence electrons. The molecule has 0 unspecified atom stereocenters. The van der Waals surface area contributed by atoms with Crippen LogP contribution >= 0.6 is 0 Å². The van der Waals surface area contributed by atoms with Crippen molar-refractivity contribution in [3.05, 3.63) is 96.1 Å². The number of rotatable bonds is 4. The van der Waals surface area contributed by atoms with Crippen molar-refractivity contribution >= 4 is 17.2 Å². The third kappa shape index (κ3) is 4.54. The van der Waals surface area contributed by atoms with E-state index in [1.807, 2.05) is 60.7 Å². The molecule has 0 aliphatic heterocycles. The molecule has 25 heavy (non-hydrogen) atoms. The lowest BCUT2D eigenvalue weighted by atomic mass is 10.2. The van der Waals surface area contributed by atoms with Gasteiger partial charge in [-0.15, -0.1) is 10.2 Å². The number of hydrazone groups is 1. The van der Waals surface area contributed by atoms with Crippen LogP contribution in [0.4, 0.5) is 20.2 Å². The Morgan fingerprint density at radius 3 is 2.12 bits per heavy atom. The van der Waals surface area contributed by atoms with Gasteiger partial charge in [-0.25, -0.2) is 8.78 Å². The number of benzene rings is 3. The fraction of sp³-hybridized carbons (Fsp3) is 0. The highest BCUT2D eigenvalue weighted by atomic mass is 19.2. The maximum Gasteiger partial charge on any atom is 0.201 e. The Labute approximate surface area is 143 Å². The molecule has 0 amide bonds. The summed E-state index contributed by atoms with van der Waals surface area (Å²) in [5.74, 6) is -1.55. The van der Waals surface area contributed by atoms with E-state index in [0.717, 1.165) is 17.7 Å². The van der Waals surface area contributed by atoms with E-state index >= 15 is 0 Å². The number of amidine groups is 1. The molecule has 0 aliphatic rings. The minimum absolute atomic E-state index is 0.308. The van der Waals surface area contributed by atoms with Crippen LogP contribution in [-0.2, 0) is 0 Å². The van der Waals surface area contributed by atoms with E-state index in [0.29, 0.717) is 17.2 Å². The fourth-order valence-corrected chi connectivity index (χ4v) is 2.01. The van der Waals surface area contributed by atoms with Gasteiger partial charge < -0.3 is 0 Å². The second-order valence-electron chi connectivity index (χ2n) is 5.08. The van der Waals surface area contributed by atoms with Crippen LogP contribution in [0.5, 0.6) is 0 Å². The van der Waals surface area contributed by atoms with Gasteiger partial charge in [0.05, 0.1) is 11.4 Å². The number of hydrogen-bond acceptors (Lipinski definition) is 3. The number of anilines is 1. The van der Waals surface area contributed by atoms with E-state index in [4.69, 9.17) is 0 Å². The molecule has 0 saturated carbocycles. The second kappa shape index (κ2) is 7.92. The molecule has 0 radical (unpaired) electrons. The highest BCUT2D eigenvalue weighted by molar-refractivity contribution is 5.99. The summed E-state index contributed by atoms with van der Waals surface area (Å²) in [5.41, 5.74) is 4.40. The molecule has 3 aromatic rings. The zero-order valence-electron chi connectivity index (χ0n) is 13.1. The van der Waals surface area contributed by atoms with E-state index < -0.39 is 11.6 Å². The Kier molecular flexibility index (Phi) is 5.21. The normalized spacial score (nSPS) is 11.7. The minimum atomic E-state index is -0.952. The molecular formula is C19H14F2N4. The third-order valence-electron chi connectivity index (χ3n) is 3.26. The van der Waals surface area contributed by atoms with Crippen molar-refractivity contribution in [2.45, 2.75) is 0 Å². The van der Waals surface area contributed by atoms with Crippen LogP contribution in [0.25, 0.3) is 0 Å². The van der Waals surface area contributed by atoms with Crippen molar-refractivity contribution in [3.8, 4) is 0 Å². The zero-order valence-corrected chi connectivity index (χ0v) is 13.1. The van der Waals surface area contributed by atoms with E-state index in [2.05, 4.69) is 20.8 Å². The fourth-order valence-electron chi connectivity index (χ4n) is 2.01. The Balaban J connectivity index is 1.88. The van der Waals surface area contributed by atoms with E-state index in [1.54, 1.807) is 0 Å². The van der Waals surface area contributed by atoms with E-state index in [1.165, 1.54) is 6.07 Å². The Hall–Kier alpha value is -3.41. The van der Waals surface area contributed by atoms with Gasteiger partial charge in [-0.3, -0.25) is 5.43 Å².